The highest BCUT2D eigenvalue weighted by Crippen LogP contribution is 2.31. The zero-order valence-electron chi connectivity index (χ0n) is 17.8. The van der Waals surface area contributed by atoms with Crippen LogP contribution in [0.4, 0.5) is 5.82 Å². The minimum Gasteiger partial charge on any atom is -0.382 e. The smallest absolute Gasteiger partial charge is 0.274 e. The summed E-state index contributed by atoms with van der Waals surface area (Å²) in [4.78, 5) is 30.5. The van der Waals surface area contributed by atoms with E-state index in [-0.39, 0.29) is 11.5 Å². The summed E-state index contributed by atoms with van der Waals surface area (Å²) in [7, 11) is 1.82. The number of aromatic nitrogens is 6. The first-order valence-electron chi connectivity index (χ1n) is 10.3. The molecule has 0 saturated carbocycles. The van der Waals surface area contributed by atoms with Crippen molar-refractivity contribution >= 4 is 22.6 Å². The Kier molecular flexibility index (Phi) is 5.19. The molecule has 0 bridgehead atoms. The maximum absolute atomic E-state index is 12.9. The van der Waals surface area contributed by atoms with E-state index >= 15 is 0 Å². The fraction of sp³-hybridized carbons (Fsp3) is 0.0833. The molecule has 0 radical (unpaired) electrons. The Labute approximate surface area is 189 Å². The molecule has 9 nitrogen and oxygen atoms in total. The molecule has 1 aromatic carbocycles. The summed E-state index contributed by atoms with van der Waals surface area (Å²) in [6.45, 7) is 0.321. The molecular weight excluding hydrogens is 416 g/mol. The van der Waals surface area contributed by atoms with Crippen LogP contribution in [0.5, 0.6) is 0 Å². The highest BCUT2D eigenvalue weighted by atomic mass is 16.1. The van der Waals surface area contributed by atoms with E-state index in [1.54, 1.807) is 23.3 Å². The Balaban J connectivity index is 1.59. The predicted octanol–water partition coefficient (Wildman–Crippen LogP) is 3.00. The average molecular weight is 436 g/mol. The summed E-state index contributed by atoms with van der Waals surface area (Å²) in [5.41, 5.74) is 10.4. The Hall–Kier alpha value is -4.66. The van der Waals surface area contributed by atoms with Crippen molar-refractivity contribution in [2.24, 2.45) is 7.05 Å². The molecular formula is C24H20N8O. The van der Waals surface area contributed by atoms with Gasteiger partial charge in [-0.15, -0.1) is 0 Å². The van der Waals surface area contributed by atoms with E-state index in [0.29, 0.717) is 23.6 Å². The molecule has 4 heterocycles. The number of fused-ring (bicyclic) bond motifs is 1. The molecule has 1 amide bonds. The van der Waals surface area contributed by atoms with E-state index in [0.717, 1.165) is 22.0 Å². The number of nitrogens with zero attached hydrogens (tertiary/aromatic N) is 6. The second-order valence-electron chi connectivity index (χ2n) is 7.48. The van der Waals surface area contributed by atoms with Gasteiger partial charge < -0.3 is 11.1 Å². The molecule has 0 unspecified atom stereocenters. The monoisotopic (exact) mass is 436 g/mol. The lowest BCUT2D eigenvalue weighted by atomic mass is 10.0. The van der Waals surface area contributed by atoms with Gasteiger partial charge in [0, 0.05) is 49.3 Å². The van der Waals surface area contributed by atoms with Crippen molar-refractivity contribution in [2.45, 2.75) is 6.54 Å². The minimum absolute atomic E-state index is 0.0362. The fourth-order valence-corrected chi connectivity index (χ4v) is 3.53. The molecule has 162 valence electrons. The second kappa shape index (κ2) is 8.46. The molecule has 9 heteroatoms. The van der Waals surface area contributed by atoms with Crippen molar-refractivity contribution in [3.63, 3.8) is 0 Å². The van der Waals surface area contributed by atoms with Crippen LogP contribution in [-0.2, 0) is 13.6 Å². The van der Waals surface area contributed by atoms with Gasteiger partial charge in [0.15, 0.2) is 11.5 Å². The van der Waals surface area contributed by atoms with Crippen LogP contribution >= 0.6 is 0 Å². The van der Waals surface area contributed by atoms with Gasteiger partial charge in [-0.3, -0.25) is 19.4 Å². The number of benzene rings is 1. The largest absolute Gasteiger partial charge is 0.382 e. The normalized spacial score (nSPS) is 10.9. The van der Waals surface area contributed by atoms with Crippen molar-refractivity contribution in [3.8, 4) is 22.6 Å². The van der Waals surface area contributed by atoms with Crippen molar-refractivity contribution < 1.29 is 4.79 Å². The molecule has 4 aromatic heterocycles. The topological polar surface area (TPSA) is 124 Å². The number of pyridine rings is 2. The van der Waals surface area contributed by atoms with Crippen LogP contribution in [0.1, 0.15) is 16.1 Å². The lowest BCUT2D eigenvalue weighted by molar-refractivity contribution is 0.0946. The number of carbonyl (C=O) groups is 1. The molecule has 5 aromatic rings. The summed E-state index contributed by atoms with van der Waals surface area (Å²) in [6, 6.07) is 15.1. The van der Waals surface area contributed by atoms with E-state index < -0.39 is 5.91 Å². The van der Waals surface area contributed by atoms with Gasteiger partial charge >= 0.3 is 0 Å². The van der Waals surface area contributed by atoms with Gasteiger partial charge in [-0.05, 0) is 42.0 Å². The number of rotatable bonds is 5. The van der Waals surface area contributed by atoms with Crippen molar-refractivity contribution in [2.75, 3.05) is 5.73 Å². The van der Waals surface area contributed by atoms with Crippen LogP contribution in [0.2, 0.25) is 0 Å². The Morgan fingerprint density at radius 1 is 1.03 bits per heavy atom. The SMILES string of the molecule is Cn1ccc(-c2nc(N)c(C(=O)NCc3ccncc3)nc2-c2ccc3ncccc3c2)n1. The van der Waals surface area contributed by atoms with Crippen LogP contribution in [0, 0.1) is 0 Å². The van der Waals surface area contributed by atoms with Gasteiger partial charge in [0.25, 0.3) is 5.91 Å². The van der Waals surface area contributed by atoms with E-state index in [2.05, 4.69) is 30.4 Å². The van der Waals surface area contributed by atoms with Crippen LogP contribution in [0.3, 0.4) is 0 Å². The average Bonchev–Trinajstić information content (AvgIpc) is 3.29. The van der Waals surface area contributed by atoms with E-state index in [9.17, 15) is 4.79 Å². The molecule has 0 fully saturated rings. The number of nitrogens with two attached hydrogens (primary N) is 1. The standard InChI is InChI=1S/C24H20N8O/c1-32-12-8-19(31-32)21-20(17-4-5-18-16(13-17)3-2-9-27-18)29-22(23(25)30-21)24(33)28-14-15-6-10-26-11-7-15/h2-13H,14H2,1H3,(H2,25,30)(H,28,33). The molecule has 3 N–H and O–H groups in total. The Morgan fingerprint density at radius 3 is 2.67 bits per heavy atom. The maximum atomic E-state index is 12.9. The van der Waals surface area contributed by atoms with Gasteiger partial charge in [0.05, 0.1) is 11.2 Å². The fourth-order valence-electron chi connectivity index (χ4n) is 3.53. The number of anilines is 1. The summed E-state index contributed by atoms with van der Waals surface area (Å²) in [6.07, 6.45) is 6.90. The second-order valence-corrected chi connectivity index (χ2v) is 7.48. The molecule has 0 aliphatic carbocycles. The lowest BCUT2D eigenvalue weighted by Gasteiger charge is -2.12. The Morgan fingerprint density at radius 2 is 1.88 bits per heavy atom. The molecule has 0 spiro atoms. The number of nitrogens with one attached hydrogen (secondary N) is 1. The minimum atomic E-state index is -0.409. The van der Waals surface area contributed by atoms with Gasteiger partial charge in [-0.2, -0.15) is 5.10 Å². The van der Waals surface area contributed by atoms with Gasteiger partial charge in [-0.25, -0.2) is 9.97 Å². The number of hydrogen-bond donors (Lipinski definition) is 2. The summed E-state index contributed by atoms with van der Waals surface area (Å²) < 4.78 is 1.68. The first kappa shape index (κ1) is 20.3. The summed E-state index contributed by atoms with van der Waals surface area (Å²) >= 11 is 0. The predicted molar refractivity (Wildman–Crippen MR) is 125 cm³/mol. The van der Waals surface area contributed by atoms with Crippen molar-refractivity contribution in [1.82, 2.24) is 35.0 Å². The third-order valence-corrected chi connectivity index (χ3v) is 5.17. The summed E-state index contributed by atoms with van der Waals surface area (Å²) in [5, 5.41) is 8.26. The number of carbonyl (C=O) groups excluding carboxylic acids is 1. The molecule has 0 atom stereocenters. The van der Waals surface area contributed by atoms with Gasteiger partial charge in [0.2, 0.25) is 0 Å². The Bertz CT molecular complexity index is 1460. The third-order valence-electron chi connectivity index (χ3n) is 5.17. The summed E-state index contributed by atoms with van der Waals surface area (Å²) in [5.74, 6) is -0.373. The van der Waals surface area contributed by atoms with Crippen LogP contribution in [0.15, 0.2) is 73.3 Å². The number of nitrogen functional groups attached to an aromatic ring is 1. The zero-order chi connectivity index (χ0) is 22.8. The van der Waals surface area contributed by atoms with E-state index in [1.165, 1.54) is 0 Å². The highest BCUT2D eigenvalue weighted by molar-refractivity contribution is 5.98. The number of hydrogen-bond acceptors (Lipinski definition) is 7. The van der Waals surface area contributed by atoms with E-state index in [1.807, 2.05) is 61.8 Å². The molecule has 0 aliphatic heterocycles. The first-order chi connectivity index (χ1) is 16.1. The molecule has 5 rings (SSSR count). The number of amides is 1. The zero-order valence-corrected chi connectivity index (χ0v) is 17.8. The van der Waals surface area contributed by atoms with Crippen LogP contribution in [0.25, 0.3) is 33.5 Å². The molecule has 0 aliphatic rings. The lowest BCUT2D eigenvalue weighted by Crippen LogP contribution is -2.26. The quantitative estimate of drug-likeness (QED) is 0.434. The van der Waals surface area contributed by atoms with Crippen LogP contribution < -0.4 is 11.1 Å². The van der Waals surface area contributed by atoms with Crippen LogP contribution in [-0.4, -0.2) is 35.6 Å². The number of aryl methyl sites for hydroxylation is 1. The highest BCUT2D eigenvalue weighted by Gasteiger charge is 2.21. The molecule has 33 heavy (non-hydrogen) atoms. The van der Waals surface area contributed by atoms with E-state index in [4.69, 9.17) is 5.73 Å². The van der Waals surface area contributed by atoms with Gasteiger partial charge in [-0.1, -0.05) is 12.1 Å². The van der Waals surface area contributed by atoms with Gasteiger partial charge in [0.1, 0.15) is 11.4 Å². The van der Waals surface area contributed by atoms with Crippen molar-refractivity contribution in [3.05, 3.63) is 84.6 Å². The maximum Gasteiger partial charge on any atom is 0.274 e. The molecule has 0 saturated heterocycles. The first-order valence-corrected chi connectivity index (χ1v) is 10.3. The van der Waals surface area contributed by atoms with Crippen molar-refractivity contribution in [1.29, 1.82) is 0 Å². The third kappa shape index (κ3) is 4.11.